The lowest BCUT2D eigenvalue weighted by atomic mass is 9.66. The third-order valence-corrected chi connectivity index (χ3v) is 20.2. The highest BCUT2D eigenvalue weighted by atomic mass is 16.6. The van der Waals surface area contributed by atoms with Crippen LogP contribution in [0.5, 0.6) is 17.2 Å². The fourth-order valence-electron chi connectivity index (χ4n) is 14.8. The number of aryl methyl sites for hydroxylation is 3. The highest BCUT2D eigenvalue weighted by Crippen LogP contribution is 2.60. The van der Waals surface area contributed by atoms with Crippen LogP contribution in [0, 0.1) is 20.8 Å². The fourth-order valence-corrected chi connectivity index (χ4v) is 14.8. The number of ketones is 1. The molecule has 0 radical (unpaired) electrons. The quantitative estimate of drug-likeness (QED) is 0.0205. The molecular formula is C94H120O21. The van der Waals surface area contributed by atoms with Gasteiger partial charge in [-0.1, -0.05) is 148 Å². The second-order valence-corrected chi connectivity index (χ2v) is 27.8. The molecule has 21 heteroatoms. The van der Waals surface area contributed by atoms with Crippen LogP contribution in [0.4, 0.5) is 0 Å². The number of carbonyl (C=O) groups excluding carboxylic acids is 3. The number of benzene rings is 8. The Balaban J connectivity index is 0.00000547. The number of aliphatic hydroxyl groups is 2. The van der Waals surface area contributed by atoms with Crippen LogP contribution in [-0.2, 0) is 90.4 Å². The van der Waals surface area contributed by atoms with E-state index in [0.29, 0.717) is 141 Å². The Morgan fingerprint density at radius 1 is 0.365 bits per heavy atom. The van der Waals surface area contributed by atoms with Crippen LogP contribution in [0.2, 0.25) is 0 Å². The van der Waals surface area contributed by atoms with E-state index in [0.717, 1.165) is 131 Å². The predicted molar refractivity (Wildman–Crippen MR) is 445 cm³/mol. The predicted octanol–water partition coefficient (Wildman–Crippen LogP) is 15.0. The third-order valence-electron chi connectivity index (χ3n) is 20.2. The highest BCUT2D eigenvalue weighted by Gasteiger charge is 2.50. The van der Waals surface area contributed by atoms with Gasteiger partial charge < -0.3 is 90.8 Å². The maximum absolute atomic E-state index is 14.5. The average Bonchev–Trinajstić information content (AvgIpc) is 1.54. The standard InChI is InChI=1S/C92H114O20.CH2O.CH4/c1-9-11-12-13-32-110-87-28-22-75(61-82(87)90(96)109-10-2)92(74-20-16-67(5)81(60-74)68(6)95)84-56-66(4)15-25-78(84)80-27-19-70(59-86(80)92)69-18-26-79-77-24-14-65(3)55-83(77)91(85(79)58-69,73-21-17-71(63-107-49-47-103-41-39-99-33-30-93)72(57-73)64-108-50-48-104-42-40-100-34-31-94)76-23-29-88(111-53-51-105-45-43-101-37-35-97-7)89(62-76)112-54-52-106-46-44-102-38-36-98-8;1-2;/h14-29,55-62,93-94H,9-13,30-54,63-64H2,1-8H3;1H2;1H4. The Bertz CT molecular complexity index is 4210. The van der Waals surface area contributed by atoms with Crippen molar-refractivity contribution in [1.82, 2.24) is 0 Å². The number of Topliss-reactive ketones (excluding diaryl/α,β-unsaturated/α-hetero) is 1. The molecule has 21 nitrogen and oxygen atoms in total. The number of ether oxygens (including phenoxy) is 16. The first-order chi connectivity index (χ1) is 55.9. The SMILES string of the molecule is C.C=O.CCCCCCOc1ccc(C2(c3ccc(C)c(C(C)=O)c3)c3cc(C)ccc3-c3ccc(-c4ccc5c(c4)C(c4ccc(COCCOCCOCCO)c(COCCOCCOCCO)c4)(c4ccc(OCCOCCOCCOC)c(OCCOCCOCCOC)c4)c4cc(C)ccc4-5)cc32)cc1C(=O)OCC. The summed E-state index contributed by atoms with van der Waals surface area (Å²) >= 11 is 0. The summed E-state index contributed by atoms with van der Waals surface area (Å²) in [6.07, 6.45) is 4.00. The summed E-state index contributed by atoms with van der Waals surface area (Å²) in [5, 5.41) is 18.5. The molecule has 8 aromatic carbocycles. The number of esters is 1. The van der Waals surface area contributed by atoms with Crippen molar-refractivity contribution >= 4 is 18.5 Å². The van der Waals surface area contributed by atoms with Crippen molar-refractivity contribution in [2.45, 2.75) is 98.7 Å². The molecule has 0 aromatic heterocycles. The van der Waals surface area contributed by atoms with E-state index in [1.165, 1.54) is 0 Å². The zero-order chi connectivity index (χ0) is 80.9. The van der Waals surface area contributed by atoms with Crippen molar-refractivity contribution in [3.05, 3.63) is 229 Å². The minimum atomic E-state index is -1.10. The molecule has 0 bridgehead atoms. The molecule has 2 aliphatic carbocycles. The van der Waals surface area contributed by atoms with Crippen molar-refractivity contribution in [3.63, 3.8) is 0 Å². The first kappa shape index (κ1) is 91.9. The Kier molecular flexibility index (Phi) is 39.0. The van der Waals surface area contributed by atoms with E-state index in [1.807, 2.05) is 51.0 Å². The zero-order valence-electron chi connectivity index (χ0n) is 67.8. The van der Waals surface area contributed by atoms with Gasteiger partial charge in [0.2, 0.25) is 0 Å². The molecule has 0 saturated carbocycles. The molecule has 2 aliphatic rings. The van der Waals surface area contributed by atoms with Gasteiger partial charge in [0.25, 0.3) is 0 Å². The summed E-state index contributed by atoms with van der Waals surface area (Å²) in [6.45, 7) is 22.3. The molecule has 10 rings (SSSR count). The van der Waals surface area contributed by atoms with Crippen molar-refractivity contribution in [2.24, 2.45) is 0 Å². The minimum Gasteiger partial charge on any atom is -0.493 e. The molecule has 0 saturated heterocycles. The first-order valence-electron chi connectivity index (χ1n) is 39.7. The van der Waals surface area contributed by atoms with Crippen molar-refractivity contribution in [1.29, 1.82) is 0 Å². The lowest BCUT2D eigenvalue weighted by Gasteiger charge is -2.36. The number of fused-ring (bicyclic) bond motifs is 6. The monoisotopic (exact) mass is 1580 g/mol. The molecule has 0 aliphatic heterocycles. The Labute approximate surface area is 680 Å². The second kappa shape index (κ2) is 48.8. The number of unbranched alkanes of at least 4 members (excludes halogenated alkanes) is 3. The van der Waals surface area contributed by atoms with Gasteiger partial charge in [-0.25, -0.2) is 4.79 Å². The third kappa shape index (κ3) is 23.8. The van der Waals surface area contributed by atoms with E-state index in [9.17, 15) is 19.8 Å². The van der Waals surface area contributed by atoms with Gasteiger partial charge in [0.15, 0.2) is 17.3 Å². The molecule has 0 amide bonds. The summed E-state index contributed by atoms with van der Waals surface area (Å²) in [7, 11) is 3.28. The van der Waals surface area contributed by atoms with Crippen LogP contribution in [0.25, 0.3) is 33.4 Å². The van der Waals surface area contributed by atoms with Crippen molar-refractivity contribution in [2.75, 3.05) is 186 Å². The maximum Gasteiger partial charge on any atom is 0.341 e. The van der Waals surface area contributed by atoms with E-state index in [-0.39, 0.29) is 85.9 Å². The van der Waals surface area contributed by atoms with Gasteiger partial charge in [-0.3, -0.25) is 4.79 Å². The summed E-state index contributed by atoms with van der Waals surface area (Å²) < 4.78 is 95.4. The van der Waals surface area contributed by atoms with Crippen LogP contribution in [-0.4, -0.2) is 215 Å². The topological polar surface area (TPSA) is 239 Å². The second-order valence-electron chi connectivity index (χ2n) is 27.8. The summed E-state index contributed by atoms with van der Waals surface area (Å²) in [6, 6.07) is 51.9. The van der Waals surface area contributed by atoms with Gasteiger partial charge in [-0.2, -0.15) is 0 Å². The number of aliphatic hydroxyl groups excluding tert-OH is 2. The number of rotatable bonds is 54. The minimum absolute atomic E-state index is 0. The largest absolute Gasteiger partial charge is 0.493 e. The lowest BCUT2D eigenvalue weighted by molar-refractivity contribution is -0.0980. The molecule has 115 heavy (non-hydrogen) atoms. The van der Waals surface area contributed by atoms with Gasteiger partial charge in [-0.15, -0.1) is 0 Å². The van der Waals surface area contributed by atoms with E-state index in [4.69, 9.17) is 80.6 Å². The van der Waals surface area contributed by atoms with Gasteiger partial charge in [0.05, 0.1) is 183 Å². The lowest BCUT2D eigenvalue weighted by Crippen LogP contribution is -2.30. The molecule has 2 atom stereocenters. The number of hydrogen-bond acceptors (Lipinski definition) is 21. The van der Waals surface area contributed by atoms with Crippen LogP contribution < -0.4 is 14.2 Å². The molecule has 2 N–H and O–H groups in total. The van der Waals surface area contributed by atoms with Crippen molar-refractivity contribution in [3.8, 4) is 50.6 Å². The van der Waals surface area contributed by atoms with Gasteiger partial charge in [0, 0.05) is 19.8 Å². The van der Waals surface area contributed by atoms with E-state index in [2.05, 4.69) is 136 Å². The molecule has 622 valence electrons. The summed E-state index contributed by atoms with van der Waals surface area (Å²) in [5.74, 6) is 0.930. The molecule has 2 unspecified atom stereocenters. The smallest absolute Gasteiger partial charge is 0.341 e. The zero-order valence-corrected chi connectivity index (χ0v) is 67.8. The van der Waals surface area contributed by atoms with Crippen molar-refractivity contribution < 1.29 is 100 Å². The van der Waals surface area contributed by atoms with Crippen LogP contribution in [0.1, 0.15) is 147 Å². The van der Waals surface area contributed by atoms with E-state index < -0.39 is 16.8 Å². The van der Waals surface area contributed by atoms with Gasteiger partial charge >= 0.3 is 5.97 Å². The Morgan fingerprint density at radius 2 is 0.757 bits per heavy atom. The van der Waals surface area contributed by atoms with Crippen LogP contribution in [0.15, 0.2) is 146 Å². The Hall–Kier alpha value is -8.59. The first-order valence-corrected chi connectivity index (χ1v) is 39.7. The maximum atomic E-state index is 14.5. The van der Waals surface area contributed by atoms with Gasteiger partial charge in [-0.05, 0) is 178 Å². The molecule has 0 heterocycles. The Morgan fingerprint density at radius 3 is 1.23 bits per heavy atom. The highest BCUT2D eigenvalue weighted by molar-refractivity contribution is 5.98. The normalized spacial score (nSPS) is 14.3. The van der Waals surface area contributed by atoms with E-state index in [1.54, 1.807) is 21.1 Å². The molecule has 0 spiro atoms. The van der Waals surface area contributed by atoms with Gasteiger partial charge in [0.1, 0.15) is 31.3 Å². The van der Waals surface area contributed by atoms with E-state index >= 15 is 0 Å². The summed E-state index contributed by atoms with van der Waals surface area (Å²) in [5.41, 5.74) is 17.1. The molecule has 0 fully saturated rings. The molecular weight excluding hydrogens is 1470 g/mol. The summed E-state index contributed by atoms with van der Waals surface area (Å²) in [4.78, 5) is 36.4. The van der Waals surface area contributed by atoms with Crippen LogP contribution in [0.3, 0.4) is 0 Å². The number of methoxy groups -OCH3 is 2. The fraction of sp³-hybridized carbons (Fsp3) is 0.457. The number of hydrogen-bond donors (Lipinski definition) is 2. The number of carbonyl (C=O) groups is 3. The molecule has 8 aromatic rings. The van der Waals surface area contributed by atoms with Crippen LogP contribution >= 0.6 is 0 Å². The average molecular weight is 1590 g/mol.